The van der Waals surface area contributed by atoms with Gasteiger partial charge in [-0.1, -0.05) is 19.9 Å². The fraction of sp³-hybridized carbons (Fsp3) is 0.917. The lowest BCUT2D eigenvalue weighted by atomic mass is 9.47. The number of fused-ring (bicyclic) bond motifs is 5. The van der Waals surface area contributed by atoms with Crippen LogP contribution in [0.4, 0.5) is 8.78 Å². The molecule has 3 nitrogen and oxygen atoms in total. The van der Waals surface area contributed by atoms with Gasteiger partial charge in [0.2, 0.25) is 0 Å². The van der Waals surface area contributed by atoms with E-state index in [4.69, 9.17) is 9.47 Å². The fourth-order valence-electron chi connectivity index (χ4n) is 7.84. The molecule has 4 aliphatic carbocycles. The van der Waals surface area contributed by atoms with E-state index < -0.39 is 23.7 Å². The summed E-state index contributed by atoms with van der Waals surface area (Å²) in [6.45, 7) is 4.93. The van der Waals surface area contributed by atoms with E-state index in [2.05, 4.69) is 13.8 Å². The molecule has 1 unspecified atom stereocenters. The van der Waals surface area contributed by atoms with Crippen LogP contribution in [0.2, 0.25) is 0 Å². The molecule has 1 saturated heterocycles. The molecule has 5 heteroatoms. The predicted octanol–water partition coefficient (Wildman–Crippen LogP) is 5.47. The first-order valence-electron chi connectivity index (χ1n) is 11.8. The molecule has 1 aliphatic heterocycles. The molecule has 0 radical (unpaired) electrons. The van der Waals surface area contributed by atoms with Crippen LogP contribution in [0, 0.1) is 28.6 Å². The number of aliphatic hydroxyl groups excluding tert-OH is 1. The maximum atomic E-state index is 15.7. The van der Waals surface area contributed by atoms with E-state index in [0.29, 0.717) is 36.4 Å². The average Bonchev–Trinajstić information content (AvgIpc) is 3.00. The van der Waals surface area contributed by atoms with Crippen molar-refractivity contribution in [3.05, 3.63) is 11.6 Å². The highest BCUT2D eigenvalue weighted by Crippen LogP contribution is 2.66. The zero-order valence-electron chi connectivity index (χ0n) is 17.8. The van der Waals surface area contributed by atoms with Gasteiger partial charge in [-0.3, -0.25) is 0 Å². The van der Waals surface area contributed by atoms with Gasteiger partial charge in [0.05, 0.1) is 6.10 Å². The second-order valence-corrected chi connectivity index (χ2v) is 10.9. The molecule has 29 heavy (non-hydrogen) atoms. The van der Waals surface area contributed by atoms with E-state index in [-0.39, 0.29) is 11.5 Å². The van der Waals surface area contributed by atoms with Crippen molar-refractivity contribution in [2.24, 2.45) is 28.6 Å². The largest absolute Gasteiger partial charge is 0.393 e. The second-order valence-electron chi connectivity index (χ2n) is 10.9. The van der Waals surface area contributed by atoms with Crippen LogP contribution in [-0.2, 0) is 9.47 Å². The zero-order chi connectivity index (χ0) is 20.4. The molecule has 1 N–H and O–H groups in total. The van der Waals surface area contributed by atoms with Crippen molar-refractivity contribution in [3.8, 4) is 0 Å². The maximum Gasteiger partial charge on any atom is 0.295 e. The van der Waals surface area contributed by atoms with Gasteiger partial charge in [0.1, 0.15) is 6.10 Å². The molecule has 0 aromatic carbocycles. The average molecular weight is 411 g/mol. The van der Waals surface area contributed by atoms with Crippen molar-refractivity contribution < 1.29 is 23.4 Å². The number of halogens is 2. The number of allylic oxidation sites excluding steroid dienone is 1. The van der Waals surface area contributed by atoms with Crippen molar-refractivity contribution in [1.82, 2.24) is 0 Å². The minimum Gasteiger partial charge on any atom is -0.393 e. The Hall–Kier alpha value is -0.520. The van der Waals surface area contributed by atoms with Gasteiger partial charge in [-0.05, 0) is 92.8 Å². The summed E-state index contributed by atoms with van der Waals surface area (Å²) >= 11 is 0. The molecule has 164 valence electrons. The minimum atomic E-state index is -2.92. The molecule has 4 fully saturated rings. The lowest BCUT2D eigenvalue weighted by Crippen LogP contribution is -2.57. The van der Waals surface area contributed by atoms with E-state index >= 15 is 8.78 Å². The molecular formula is C24H36F2O3. The topological polar surface area (TPSA) is 38.7 Å². The molecule has 0 spiro atoms. The maximum absolute atomic E-state index is 15.7. The van der Waals surface area contributed by atoms with Crippen LogP contribution in [0.25, 0.3) is 0 Å². The van der Waals surface area contributed by atoms with Crippen LogP contribution in [0.1, 0.15) is 78.1 Å². The van der Waals surface area contributed by atoms with Crippen LogP contribution < -0.4 is 0 Å². The quantitative estimate of drug-likeness (QED) is 0.614. The first-order chi connectivity index (χ1) is 13.8. The predicted molar refractivity (Wildman–Crippen MR) is 107 cm³/mol. The number of ether oxygens (including phenoxy) is 2. The summed E-state index contributed by atoms with van der Waals surface area (Å²) in [7, 11) is 0. The van der Waals surface area contributed by atoms with Gasteiger partial charge in [-0.25, -0.2) is 0 Å². The Labute approximate surface area is 173 Å². The molecule has 0 aromatic rings. The highest BCUT2D eigenvalue weighted by molar-refractivity contribution is 5.32. The third kappa shape index (κ3) is 2.97. The molecule has 3 saturated carbocycles. The van der Waals surface area contributed by atoms with Gasteiger partial charge in [-0.2, -0.15) is 8.78 Å². The van der Waals surface area contributed by atoms with Crippen molar-refractivity contribution >= 4 is 0 Å². The Morgan fingerprint density at radius 1 is 1.03 bits per heavy atom. The van der Waals surface area contributed by atoms with Gasteiger partial charge < -0.3 is 14.6 Å². The SMILES string of the molecule is C[C@]12CC[C@H]3[C@@H](CC=C4C(F)(F)[C@@H](OC5CCCCO5)CC[C@@]43C)[C@@H]1CC[C@@H]2O. The van der Waals surface area contributed by atoms with Crippen LogP contribution in [0.5, 0.6) is 0 Å². The smallest absolute Gasteiger partial charge is 0.295 e. The summed E-state index contributed by atoms with van der Waals surface area (Å²) in [6, 6.07) is 0. The number of hydrogen-bond acceptors (Lipinski definition) is 3. The van der Waals surface area contributed by atoms with Crippen molar-refractivity contribution in [3.63, 3.8) is 0 Å². The van der Waals surface area contributed by atoms with E-state index in [9.17, 15) is 5.11 Å². The summed E-state index contributed by atoms with van der Waals surface area (Å²) in [6.07, 6.45) is 8.50. The summed E-state index contributed by atoms with van der Waals surface area (Å²) < 4.78 is 42.8. The fourth-order valence-corrected chi connectivity index (χ4v) is 7.84. The molecule has 8 atom stereocenters. The van der Waals surface area contributed by atoms with E-state index in [1.54, 1.807) is 0 Å². The monoisotopic (exact) mass is 410 g/mol. The molecule has 5 rings (SSSR count). The molecule has 5 aliphatic rings. The second kappa shape index (κ2) is 7.00. The lowest BCUT2D eigenvalue weighted by Gasteiger charge is -2.59. The molecule has 1 heterocycles. The Bertz CT molecular complexity index is 673. The van der Waals surface area contributed by atoms with E-state index in [1.165, 1.54) is 0 Å². The van der Waals surface area contributed by atoms with E-state index in [0.717, 1.165) is 57.8 Å². The number of rotatable bonds is 2. The van der Waals surface area contributed by atoms with Gasteiger partial charge in [0.25, 0.3) is 5.92 Å². The first-order valence-corrected chi connectivity index (χ1v) is 11.8. The first kappa shape index (κ1) is 20.4. The van der Waals surface area contributed by atoms with Crippen LogP contribution in [-0.4, -0.2) is 36.1 Å². The van der Waals surface area contributed by atoms with Crippen molar-refractivity contribution in [2.75, 3.05) is 6.61 Å². The van der Waals surface area contributed by atoms with Crippen LogP contribution in [0.3, 0.4) is 0 Å². The van der Waals surface area contributed by atoms with Crippen LogP contribution >= 0.6 is 0 Å². The van der Waals surface area contributed by atoms with E-state index in [1.807, 2.05) is 6.08 Å². The molecule has 0 aromatic heterocycles. The van der Waals surface area contributed by atoms with Gasteiger partial charge >= 0.3 is 0 Å². The minimum absolute atomic E-state index is 0.0238. The molecule has 0 amide bonds. The van der Waals surface area contributed by atoms with Crippen molar-refractivity contribution in [2.45, 2.75) is 102 Å². The third-order valence-electron chi connectivity index (χ3n) is 9.56. The Morgan fingerprint density at radius 2 is 1.86 bits per heavy atom. The van der Waals surface area contributed by atoms with Gasteiger partial charge in [0, 0.05) is 12.2 Å². The highest BCUT2D eigenvalue weighted by Gasteiger charge is 2.64. The summed E-state index contributed by atoms with van der Waals surface area (Å²) in [5.74, 6) is -1.74. The van der Waals surface area contributed by atoms with Crippen LogP contribution in [0.15, 0.2) is 11.6 Å². The molecular weight excluding hydrogens is 374 g/mol. The Balaban J connectivity index is 1.40. The molecule has 0 bridgehead atoms. The standard InChI is InChI=1S/C24H36F2O3/c1-22-13-11-20(29-21-5-3-4-14-28-21)24(25,26)18(22)8-6-15-16-7-9-19(27)23(16,2)12-10-17(15)22/h8,15-17,19-21,27H,3-7,9-14H2,1-2H3/t15-,16-,17-,19-,20-,21?,22+,23-/m0/s1. The Morgan fingerprint density at radius 3 is 2.62 bits per heavy atom. The number of aliphatic hydroxyl groups is 1. The number of hydrogen-bond donors (Lipinski definition) is 1. The highest BCUT2D eigenvalue weighted by atomic mass is 19.3. The normalized spacial score (nSPS) is 51.6. The number of alkyl halides is 2. The lowest BCUT2D eigenvalue weighted by molar-refractivity contribution is -0.246. The summed E-state index contributed by atoms with van der Waals surface area (Å²) in [4.78, 5) is 0. The third-order valence-corrected chi connectivity index (χ3v) is 9.56. The van der Waals surface area contributed by atoms with Gasteiger partial charge in [0.15, 0.2) is 6.29 Å². The zero-order valence-corrected chi connectivity index (χ0v) is 17.8. The Kier molecular flexibility index (Phi) is 4.92. The van der Waals surface area contributed by atoms with Gasteiger partial charge in [-0.15, -0.1) is 0 Å². The van der Waals surface area contributed by atoms with Crippen molar-refractivity contribution in [1.29, 1.82) is 0 Å². The summed E-state index contributed by atoms with van der Waals surface area (Å²) in [5.41, 5.74) is -0.140. The summed E-state index contributed by atoms with van der Waals surface area (Å²) in [5, 5.41) is 10.6.